The van der Waals surface area contributed by atoms with E-state index in [1.165, 1.54) is 10.5 Å². The SMILES string of the molecule is CN1C(=O)C2(C)CC(C)(CC(C)(C(=O)N3CCc4ccccc43)C2)C1=O. The van der Waals surface area contributed by atoms with Gasteiger partial charge in [-0.2, -0.15) is 0 Å². The van der Waals surface area contributed by atoms with Crippen molar-refractivity contribution in [3.05, 3.63) is 29.8 Å². The number of hydrogen-bond donors (Lipinski definition) is 0. The van der Waals surface area contributed by atoms with Crippen LogP contribution in [0.5, 0.6) is 0 Å². The molecule has 2 atom stereocenters. The van der Waals surface area contributed by atoms with Gasteiger partial charge in [0.2, 0.25) is 17.7 Å². The summed E-state index contributed by atoms with van der Waals surface area (Å²) < 4.78 is 0. The summed E-state index contributed by atoms with van der Waals surface area (Å²) in [5, 5.41) is 0. The van der Waals surface area contributed by atoms with Gasteiger partial charge in [0.05, 0.1) is 0 Å². The molecule has 0 radical (unpaired) electrons. The molecule has 1 saturated heterocycles. The molecule has 2 fully saturated rings. The number of fused-ring (bicyclic) bond motifs is 3. The standard InChI is InChI=1S/C21H26N2O3/c1-19-11-20(2,17(25)22(4)16(19)24)13-21(3,12-19)18(26)23-10-9-14-7-5-6-8-15(14)23/h5-8H,9-13H2,1-4H3. The first-order valence-corrected chi connectivity index (χ1v) is 9.32. The molecule has 1 aliphatic carbocycles. The summed E-state index contributed by atoms with van der Waals surface area (Å²) in [5.74, 6) is -0.259. The number of para-hydroxylation sites is 1. The lowest BCUT2D eigenvalue weighted by molar-refractivity contribution is -0.177. The second kappa shape index (κ2) is 5.18. The first-order valence-electron chi connectivity index (χ1n) is 9.32. The molecule has 3 aliphatic rings. The lowest BCUT2D eigenvalue weighted by atomic mass is 9.51. The Morgan fingerprint density at radius 2 is 1.54 bits per heavy atom. The van der Waals surface area contributed by atoms with Crippen LogP contribution >= 0.6 is 0 Å². The van der Waals surface area contributed by atoms with Crippen LogP contribution in [-0.2, 0) is 20.8 Å². The second-order valence-electron chi connectivity index (χ2n) is 9.22. The van der Waals surface area contributed by atoms with Crippen LogP contribution in [0, 0.1) is 16.2 Å². The summed E-state index contributed by atoms with van der Waals surface area (Å²) in [6.07, 6.45) is 2.36. The molecule has 5 heteroatoms. The summed E-state index contributed by atoms with van der Waals surface area (Å²) in [5.41, 5.74) is 0.106. The molecule has 3 amide bonds. The molecule has 2 unspecified atom stereocenters. The molecule has 138 valence electrons. The normalized spacial score (nSPS) is 36.3. The number of carbonyl (C=O) groups excluding carboxylic acids is 3. The number of amides is 3. The van der Waals surface area contributed by atoms with Crippen LogP contribution < -0.4 is 4.90 Å². The Morgan fingerprint density at radius 1 is 0.962 bits per heavy atom. The van der Waals surface area contributed by atoms with Crippen LogP contribution in [0.3, 0.4) is 0 Å². The highest BCUT2D eigenvalue weighted by molar-refractivity contribution is 6.06. The Hall–Kier alpha value is -2.17. The molecule has 1 aromatic rings. The zero-order valence-electron chi connectivity index (χ0n) is 16.0. The van der Waals surface area contributed by atoms with Crippen molar-refractivity contribution >= 4 is 23.4 Å². The van der Waals surface area contributed by atoms with Crippen molar-refractivity contribution in [3.63, 3.8) is 0 Å². The molecule has 0 N–H and O–H groups in total. The molecule has 0 spiro atoms. The van der Waals surface area contributed by atoms with Crippen molar-refractivity contribution in [3.8, 4) is 0 Å². The highest BCUT2D eigenvalue weighted by Crippen LogP contribution is 2.59. The summed E-state index contributed by atoms with van der Waals surface area (Å²) >= 11 is 0. The maximum absolute atomic E-state index is 13.6. The van der Waals surface area contributed by atoms with Crippen molar-refractivity contribution in [1.29, 1.82) is 0 Å². The minimum atomic E-state index is -0.716. The van der Waals surface area contributed by atoms with E-state index in [0.29, 0.717) is 25.8 Å². The van der Waals surface area contributed by atoms with Crippen LogP contribution in [0.25, 0.3) is 0 Å². The minimum Gasteiger partial charge on any atom is -0.311 e. The lowest BCUT2D eigenvalue weighted by Gasteiger charge is -2.55. The van der Waals surface area contributed by atoms with Gasteiger partial charge in [-0.15, -0.1) is 0 Å². The molecule has 4 rings (SSSR count). The van der Waals surface area contributed by atoms with E-state index < -0.39 is 16.2 Å². The van der Waals surface area contributed by atoms with E-state index in [1.807, 2.05) is 43.9 Å². The molecule has 0 aromatic heterocycles. The molecule has 5 nitrogen and oxygen atoms in total. The third-order valence-electron chi connectivity index (χ3n) is 6.63. The van der Waals surface area contributed by atoms with Gasteiger partial charge in [0.1, 0.15) is 0 Å². The summed E-state index contributed by atoms with van der Waals surface area (Å²) in [6, 6.07) is 7.99. The van der Waals surface area contributed by atoms with Gasteiger partial charge in [-0.05, 0) is 37.3 Å². The maximum Gasteiger partial charge on any atom is 0.234 e. The third kappa shape index (κ3) is 2.19. The summed E-state index contributed by atoms with van der Waals surface area (Å²) in [6.45, 7) is 6.44. The highest BCUT2D eigenvalue weighted by Gasteiger charge is 2.63. The Balaban J connectivity index is 1.72. The van der Waals surface area contributed by atoms with Crippen LogP contribution in [0.4, 0.5) is 5.69 Å². The van der Waals surface area contributed by atoms with Crippen LogP contribution in [-0.4, -0.2) is 36.2 Å². The van der Waals surface area contributed by atoms with E-state index in [9.17, 15) is 14.4 Å². The van der Waals surface area contributed by atoms with Gasteiger partial charge >= 0.3 is 0 Å². The zero-order valence-corrected chi connectivity index (χ0v) is 16.0. The fraction of sp³-hybridized carbons (Fsp3) is 0.571. The van der Waals surface area contributed by atoms with Gasteiger partial charge in [0, 0.05) is 35.5 Å². The van der Waals surface area contributed by atoms with Crippen molar-refractivity contribution in [2.24, 2.45) is 16.2 Å². The van der Waals surface area contributed by atoms with Crippen LogP contribution in [0.1, 0.15) is 45.6 Å². The van der Waals surface area contributed by atoms with E-state index in [-0.39, 0.29) is 17.7 Å². The van der Waals surface area contributed by atoms with Crippen molar-refractivity contribution in [1.82, 2.24) is 4.90 Å². The number of anilines is 1. The minimum absolute atomic E-state index is 0.0461. The number of likely N-dealkylation sites (tertiary alicyclic amines) is 1. The zero-order chi connectivity index (χ0) is 18.9. The van der Waals surface area contributed by atoms with E-state index in [4.69, 9.17) is 0 Å². The Kier molecular flexibility index (Phi) is 3.44. The Bertz CT molecular complexity index is 802. The van der Waals surface area contributed by atoms with E-state index in [2.05, 4.69) is 6.07 Å². The molecule has 26 heavy (non-hydrogen) atoms. The van der Waals surface area contributed by atoms with Gasteiger partial charge in [-0.25, -0.2) is 0 Å². The summed E-state index contributed by atoms with van der Waals surface area (Å²) in [7, 11) is 1.57. The highest BCUT2D eigenvalue weighted by atomic mass is 16.2. The molecular weight excluding hydrogens is 328 g/mol. The first-order chi connectivity index (χ1) is 12.1. The second-order valence-corrected chi connectivity index (χ2v) is 9.22. The quantitative estimate of drug-likeness (QED) is 0.729. The van der Waals surface area contributed by atoms with Gasteiger partial charge in [0.15, 0.2) is 0 Å². The fourth-order valence-corrected chi connectivity index (χ4v) is 6.00. The lowest BCUT2D eigenvalue weighted by Crippen LogP contribution is -2.64. The van der Waals surface area contributed by atoms with Gasteiger partial charge in [-0.3, -0.25) is 19.3 Å². The van der Waals surface area contributed by atoms with Crippen LogP contribution in [0.2, 0.25) is 0 Å². The predicted octanol–water partition coefficient (Wildman–Crippen LogP) is 2.78. The Morgan fingerprint density at radius 3 is 2.15 bits per heavy atom. The largest absolute Gasteiger partial charge is 0.311 e. The van der Waals surface area contributed by atoms with Crippen LogP contribution in [0.15, 0.2) is 24.3 Å². The van der Waals surface area contributed by atoms with E-state index in [1.54, 1.807) is 7.05 Å². The fourth-order valence-electron chi connectivity index (χ4n) is 6.00. The smallest absolute Gasteiger partial charge is 0.234 e. The molecule has 2 aliphatic heterocycles. The molecular formula is C21H26N2O3. The van der Waals surface area contributed by atoms with Crippen molar-refractivity contribution in [2.75, 3.05) is 18.5 Å². The number of rotatable bonds is 1. The maximum atomic E-state index is 13.6. The molecule has 1 saturated carbocycles. The van der Waals surface area contributed by atoms with Crippen molar-refractivity contribution in [2.45, 2.75) is 46.5 Å². The van der Waals surface area contributed by atoms with Gasteiger partial charge in [0.25, 0.3) is 0 Å². The van der Waals surface area contributed by atoms with E-state index in [0.717, 1.165) is 12.1 Å². The monoisotopic (exact) mass is 354 g/mol. The van der Waals surface area contributed by atoms with Gasteiger partial charge < -0.3 is 4.90 Å². The summed E-state index contributed by atoms with van der Waals surface area (Å²) in [4.78, 5) is 42.4. The average Bonchev–Trinajstić information content (AvgIpc) is 3.01. The third-order valence-corrected chi connectivity index (χ3v) is 6.63. The number of benzene rings is 1. The topological polar surface area (TPSA) is 57.7 Å². The Labute approximate surface area is 154 Å². The molecule has 2 heterocycles. The molecule has 2 bridgehead atoms. The van der Waals surface area contributed by atoms with E-state index >= 15 is 0 Å². The predicted molar refractivity (Wildman–Crippen MR) is 98.4 cm³/mol. The average molecular weight is 354 g/mol. The first kappa shape index (κ1) is 17.3. The number of nitrogens with zero attached hydrogens (tertiary/aromatic N) is 2. The molecule has 1 aromatic carbocycles. The van der Waals surface area contributed by atoms with Gasteiger partial charge in [-0.1, -0.05) is 39.0 Å². The number of hydrogen-bond acceptors (Lipinski definition) is 3. The number of carbonyl (C=O) groups is 3. The van der Waals surface area contributed by atoms with Crippen molar-refractivity contribution < 1.29 is 14.4 Å². The number of imide groups is 1. The number of piperidine rings is 1.